The summed E-state index contributed by atoms with van der Waals surface area (Å²) in [5.41, 5.74) is 12.0. The molecular weight excluding hydrogens is 679 g/mol. The maximum absolute atomic E-state index is 9.31. The van der Waals surface area contributed by atoms with E-state index in [4.69, 9.17) is 9.97 Å². The van der Waals surface area contributed by atoms with Gasteiger partial charge in [-0.15, -0.1) is 0 Å². The molecule has 10 aromatic rings. The van der Waals surface area contributed by atoms with E-state index in [2.05, 4.69) is 164 Å². The molecular formula is C53H33N3. The topological polar surface area (TPSA) is 49.6 Å². The fourth-order valence-corrected chi connectivity index (χ4v) is 7.90. The zero-order valence-electron chi connectivity index (χ0n) is 30.4. The third-order valence-corrected chi connectivity index (χ3v) is 10.7. The normalized spacial score (nSPS) is 11.2. The van der Waals surface area contributed by atoms with Crippen LogP contribution in [0.3, 0.4) is 0 Å². The van der Waals surface area contributed by atoms with Gasteiger partial charge in [0.1, 0.15) is 0 Å². The number of hydrogen-bond donors (Lipinski definition) is 0. The molecule has 0 atom stereocenters. The van der Waals surface area contributed by atoms with Crippen LogP contribution in [0.5, 0.6) is 0 Å². The molecule has 0 radical (unpaired) electrons. The van der Waals surface area contributed by atoms with E-state index >= 15 is 0 Å². The predicted octanol–water partition coefficient (Wildman–Crippen LogP) is 13.8. The first-order valence-corrected chi connectivity index (χ1v) is 18.8. The Labute approximate surface area is 325 Å². The molecule has 0 aliphatic carbocycles. The smallest absolute Gasteiger partial charge is 0.160 e. The van der Waals surface area contributed by atoms with Crippen molar-refractivity contribution in [1.29, 1.82) is 5.26 Å². The SMILES string of the molecule is N#Cc1ccc(-c2cccc(-c3cc(-c4ccccc4)nc(-c4cccc(-c5cccc(-c6c7ccccc7cc7c6ccc6ccccc67)c5)c4)n3)c2)cc1. The number of aromatic nitrogens is 2. The van der Waals surface area contributed by atoms with E-state index in [1.165, 1.54) is 43.4 Å². The Morgan fingerprint density at radius 3 is 1.62 bits per heavy atom. The van der Waals surface area contributed by atoms with Crippen molar-refractivity contribution in [2.75, 3.05) is 0 Å². The highest BCUT2D eigenvalue weighted by atomic mass is 14.9. The average Bonchev–Trinajstić information content (AvgIpc) is 3.28. The van der Waals surface area contributed by atoms with Gasteiger partial charge in [-0.2, -0.15) is 5.26 Å². The van der Waals surface area contributed by atoms with E-state index in [1.54, 1.807) is 0 Å². The van der Waals surface area contributed by atoms with Crippen LogP contribution in [-0.4, -0.2) is 9.97 Å². The van der Waals surface area contributed by atoms with Crippen molar-refractivity contribution in [1.82, 2.24) is 9.97 Å². The first-order valence-electron chi connectivity index (χ1n) is 18.8. The van der Waals surface area contributed by atoms with Gasteiger partial charge < -0.3 is 0 Å². The van der Waals surface area contributed by atoms with Crippen molar-refractivity contribution in [3.8, 4) is 73.4 Å². The van der Waals surface area contributed by atoms with Crippen LogP contribution in [0.4, 0.5) is 0 Å². The summed E-state index contributed by atoms with van der Waals surface area (Å²) in [5.74, 6) is 0.662. The summed E-state index contributed by atoms with van der Waals surface area (Å²) in [5, 5.41) is 16.8. The van der Waals surface area contributed by atoms with Crippen molar-refractivity contribution in [3.63, 3.8) is 0 Å². The minimum atomic E-state index is 0.641. The van der Waals surface area contributed by atoms with E-state index in [0.717, 1.165) is 50.3 Å². The molecule has 0 spiro atoms. The van der Waals surface area contributed by atoms with Crippen LogP contribution in [0.1, 0.15) is 5.56 Å². The number of hydrogen-bond acceptors (Lipinski definition) is 3. The first-order chi connectivity index (χ1) is 27.7. The average molecular weight is 712 g/mol. The van der Waals surface area contributed by atoms with Crippen molar-refractivity contribution in [2.45, 2.75) is 0 Å². The zero-order valence-corrected chi connectivity index (χ0v) is 30.4. The van der Waals surface area contributed by atoms with Gasteiger partial charge in [-0.05, 0) is 108 Å². The summed E-state index contributed by atoms with van der Waals surface area (Å²) in [4.78, 5) is 10.4. The Hall–Kier alpha value is -7.67. The van der Waals surface area contributed by atoms with Gasteiger partial charge in [-0.1, -0.05) is 158 Å². The summed E-state index contributed by atoms with van der Waals surface area (Å²) in [6.07, 6.45) is 0. The minimum absolute atomic E-state index is 0.641. The van der Waals surface area contributed by atoms with Crippen molar-refractivity contribution < 1.29 is 0 Å². The molecule has 3 heteroatoms. The molecule has 0 aliphatic rings. The fourth-order valence-electron chi connectivity index (χ4n) is 7.90. The lowest BCUT2D eigenvalue weighted by Gasteiger charge is -2.15. The second kappa shape index (κ2) is 14.0. The van der Waals surface area contributed by atoms with Gasteiger partial charge in [0.25, 0.3) is 0 Å². The zero-order chi connectivity index (χ0) is 37.4. The van der Waals surface area contributed by atoms with Gasteiger partial charge in [0, 0.05) is 16.7 Å². The quantitative estimate of drug-likeness (QED) is 0.127. The Morgan fingerprint density at radius 2 is 0.875 bits per heavy atom. The molecule has 0 fully saturated rings. The number of nitrogens with zero attached hydrogens (tertiary/aromatic N) is 3. The number of fused-ring (bicyclic) bond motifs is 4. The summed E-state index contributed by atoms with van der Waals surface area (Å²) in [6.45, 7) is 0. The third-order valence-electron chi connectivity index (χ3n) is 10.7. The Balaban J connectivity index is 1.09. The van der Waals surface area contributed by atoms with Crippen LogP contribution < -0.4 is 0 Å². The van der Waals surface area contributed by atoms with Gasteiger partial charge in [-0.3, -0.25) is 0 Å². The molecule has 1 aromatic heterocycles. The monoisotopic (exact) mass is 711 g/mol. The van der Waals surface area contributed by atoms with Gasteiger partial charge in [0.05, 0.1) is 23.0 Å². The lowest BCUT2D eigenvalue weighted by Crippen LogP contribution is -1.96. The summed E-state index contributed by atoms with van der Waals surface area (Å²) in [7, 11) is 0. The molecule has 1 heterocycles. The molecule has 0 saturated heterocycles. The summed E-state index contributed by atoms with van der Waals surface area (Å²) >= 11 is 0. The van der Waals surface area contributed by atoms with Crippen LogP contribution in [0, 0.1) is 11.3 Å². The van der Waals surface area contributed by atoms with E-state index in [1.807, 2.05) is 42.5 Å². The van der Waals surface area contributed by atoms with Crippen LogP contribution in [-0.2, 0) is 0 Å². The van der Waals surface area contributed by atoms with Crippen molar-refractivity contribution >= 4 is 32.3 Å². The maximum atomic E-state index is 9.31. The molecule has 260 valence electrons. The molecule has 0 bridgehead atoms. The standard InChI is InChI=1S/C53H33N3/c54-34-35-23-25-36(26-24-35)39-15-8-18-43(29-39)51-33-50(38-12-2-1-3-13-38)55-53(56-51)45-20-10-17-41(31-45)40-16-9-19-44(30-40)52-47-22-7-5-14-42(47)32-49-46-21-6-4-11-37(46)27-28-48(49)52/h1-33H. The summed E-state index contributed by atoms with van der Waals surface area (Å²) < 4.78 is 0. The van der Waals surface area contributed by atoms with E-state index in [9.17, 15) is 5.26 Å². The lowest BCUT2D eigenvalue weighted by atomic mass is 9.89. The lowest BCUT2D eigenvalue weighted by molar-refractivity contribution is 1.18. The minimum Gasteiger partial charge on any atom is -0.228 e. The van der Waals surface area contributed by atoms with Gasteiger partial charge in [-0.25, -0.2) is 9.97 Å². The Bertz CT molecular complexity index is 3140. The van der Waals surface area contributed by atoms with Crippen LogP contribution in [0.15, 0.2) is 200 Å². The number of benzene rings is 9. The molecule has 0 saturated carbocycles. The predicted molar refractivity (Wildman–Crippen MR) is 232 cm³/mol. The van der Waals surface area contributed by atoms with Crippen LogP contribution in [0.25, 0.3) is 99.6 Å². The van der Waals surface area contributed by atoms with E-state index in [0.29, 0.717) is 11.4 Å². The van der Waals surface area contributed by atoms with Gasteiger partial charge >= 0.3 is 0 Å². The van der Waals surface area contributed by atoms with Gasteiger partial charge in [0.15, 0.2) is 5.82 Å². The van der Waals surface area contributed by atoms with Crippen molar-refractivity contribution in [2.24, 2.45) is 0 Å². The molecule has 10 rings (SSSR count). The first kappa shape index (κ1) is 32.9. The van der Waals surface area contributed by atoms with Crippen molar-refractivity contribution in [3.05, 3.63) is 206 Å². The van der Waals surface area contributed by atoms with Crippen LogP contribution in [0.2, 0.25) is 0 Å². The van der Waals surface area contributed by atoms with E-state index in [-0.39, 0.29) is 0 Å². The molecule has 56 heavy (non-hydrogen) atoms. The largest absolute Gasteiger partial charge is 0.228 e. The second-order valence-corrected chi connectivity index (χ2v) is 14.1. The fraction of sp³-hybridized carbons (Fsp3) is 0. The van der Waals surface area contributed by atoms with E-state index < -0.39 is 0 Å². The Morgan fingerprint density at radius 1 is 0.321 bits per heavy atom. The molecule has 0 amide bonds. The van der Waals surface area contributed by atoms with Gasteiger partial charge in [0.2, 0.25) is 0 Å². The molecule has 0 unspecified atom stereocenters. The molecule has 0 N–H and O–H groups in total. The highest BCUT2D eigenvalue weighted by Gasteiger charge is 2.15. The second-order valence-electron chi connectivity index (χ2n) is 14.1. The highest BCUT2D eigenvalue weighted by Crippen LogP contribution is 2.41. The molecule has 9 aromatic carbocycles. The highest BCUT2D eigenvalue weighted by molar-refractivity contribution is 6.20. The molecule has 3 nitrogen and oxygen atoms in total. The Kier molecular flexibility index (Phi) is 8.21. The molecule has 0 aliphatic heterocycles. The number of nitriles is 1. The van der Waals surface area contributed by atoms with Crippen LogP contribution >= 0.6 is 0 Å². The third kappa shape index (κ3) is 6.06. The number of rotatable bonds is 6. The summed E-state index contributed by atoms with van der Waals surface area (Å²) in [6, 6.07) is 72.3. The maximum Gasteiger partial charge on any atom is 0.160 e.